The predicted molar refractivity (Wildman–Crippen MR) is 40.1 cm³/mol. The number of halogens is 4. The van der Waals surface area contributed by atoms with Crippen molar-refractivity contribution in [2.24, 2.45) is 0 Å². The van der Waals surface area contributed by atoms with Crippen LogP contribution in [0.1, 0.15) is 17.7 Å². The standard InChI is InChI=1S/C7H5ClF3NO/c8-4-1-5(6(9)10)12-7(11)3(4)2-13/h1,6,13H,2H2. The second kappa shape index (κ2) is 3.93. The molecule has 72 valence electrons. The Bertz CT molecular complexity index is 296. The normalized spacial score (nSPS) is 10.9. The molecular weight excluding hydrogens is 207 g/mol. The topological polar surface area (TPSA) is 33.1 Å². The second-order valence-corrected chi connectivity index (χ2v) is 2.66. The lowest BCUT2D eigenvalue weighted by Gasteiger charge is -2.04. The highest BCUT2D eigenvalue weighted by Crippen LogP contribution is 2.24. The number of aliphatic hydroxyl groups excluding tert-OH is 1. The molecule has 0 unspecified atom stereocenters. The minimum absolute atomic E-state index is 0.245. The third-order valence-corrected chi connectivity index (χ3v) is 1.76. The van der Waals surface area contributed by atoms with E-state index < -0.39 is 24.7 Å². The van der Waals surface area contributed by atoms with Crippen LogP contribution in [0.25, 0.3) is 0 Å². The zero-order valence-electron chi connectivity index (χ0n) is 6.27. The second-order valence-electron chi connectivity index (χ2n) is 2.26. The molecule has 0 saturated carbocycles. The molecule has 1 rings (SSSR count). The first-order valence-electron chi connectivity index (χ1n) is 3.30. The van der Waals surface area contributed by atoms with Crippen molar-refractivity contribution >= 4 is 11.6 Å². The number of aliphatic hydroxyl groups is 1. The molecule has 1 heterocycles. The van der Waals surface area contributed by atoms with Crippen molar-refractivity contribution in [3.8, 4) is 0 Å². The van der Waals surface area contributed by atoms with Gasteiger partial charge in [-0.05, 0) is 6.07 Å². The summed E-state index contributed by atoms with van der Waals surface area (Å²) in [6.45, 7) is -0.665. The van der Waals surface area contributed by atoms with Crippen LogP contribution in [0.15, 0.2) is 6.07 Å². The Morgan fingerprint density at radius 2 is 2.15 bits per heavy atom. The quantitative estimate of drug-likeness (QED) is 0.762. The molecule has 0 aliphatic rings. The molecule has 0 amide bonds. The van der Waals surface area contributed by atoms with E-state index in [1.54, 1.807) is 0 Å². The van der Waals surface area contributed by atoms with E-state index in [1.807, 2.05) is 0 Å². The molecule has 0 saturated heterocycles. The average molecular weight is 212 g/mol. The Labute approximate surface area is 77.0 Å². The van der Waals surface area contributed by atoms with Crippen molar-refractivity contribution in [3.63, 3.8) is 0 Å². The van der Waals surface area contributed by atoms with E-state index in [9.17, 15) is 13.2 Å². The highest BCUT2D eigenvalue weighted by molar-refractivity contribution is 6.31. The van der Waals surface area contributed by atoms with Gasteiger partial charge in [-0.2, -0.15) is 4.39 Å². The molecule has 0 bridgehead atoms. The highest BCUT2D eigenvalue weighted by atomic mass is 35.5. The summed E-state index contributed by atoms with van der Waals surface area (Å²) in [5.74, 6) is -1.16. The van der Waals surface area contributed by atoms with Crippen LogP contribution in [-0.4, -0.2) is 10.1 Å². The highest BCUT2D eigenvalue weighted by Gasteiger charge is 2.15. The molecule has 2 nitrogen and oxygen atoms in total. The van der Waals surface area contributed by atoms with Gasteiger partial charge in [0.1, 0.15) is 5.69 Å². The number of alkyl halides is 2. The molecule has 13 heavy (non-hydrogen) atoms. The third kappa shape index (κ3) is 2.10. The fourth-order valence-corrected chi connectivity index (χ4v) is 1.03. The molecule has 0 fully saturated rings. The molecule has 1 aromatic heterocycles. The van der Waals surface area contributed by atoms with Gasteiger partial charge in [-0.25, -0.2) is 13.8 Å². The van der Waals surface area contributed by atoms with Gasteiger partial charge in [-0.3, -0.25) is 0 Å². The van der Waals surface area contributed by atoms with E-state index in [0.29, 0.717) is 0 Å². The Hall–Kier alpha value is -0.810. The smallest absolute Gasteiger partial charge is 0.280 e. The van der Waals surface area contributed by atoms with Crippen molar-refractivity contribution in [2.75, 3.05) is 0 Å². The fraction of sp³-hybridized carbons (Fsp3) is 0.286. The Morgan fingerprint density at radius 1 is 1.54 bits per heavy atom. The summed E-state index contributed by atoms with van der Waals surface area (Å²) in [5.41, 5.74) is -1.01. The van der Waals surface area contributed by atoms with E-state index in [0.717, 1.165) is 6.07 Å². The predicted octanol–water partition coefficient (Wildman–Crippen LogP) is 2.30. The van der Waals surface area contributed by atoms with Crippen LogP contribution < -0.4 is 0 Å². The van der Waals surface area contributed by atoms with Crippen molar-refractivity contribution in [2.45, 2.75) is 13.0 Å². The van der Waals surface area contributed by atoms with Gasteiger partial charge in [0.15, 0.2) is 0 Å². The van der Waals surface area contributed by atoms with Crippen molar-refractivity contribution < 1.29 is 18.3 Å². The van der Waals surface area contributed by atoms with Gasteiger partial charge in [0.05, 0.1) is 17.2 Å². The van der Waals surface area contributed by atoms with Crippen molar-refractivity contribution in [3.05, 3.63) is 28.3 Å². The summed E-state index contributed by atoms with van der Waals surface area (Å²) in [7, 11) is 0. The zero-order valence-corrected chi connectivity index (χ0v) is 7.02. The van der Waals surface area contributed by atoms with Crippen LogP contribution in [0.3, 0.4) is 0 Å². The lowest BCUT2D eigenvalue weighted by atomic mass is 10.2. The molecule has 0 radical (unpaired) electrons. The molecule has 0 aromatic carbocycles. The molecule has 0 aliphatic heterocycles. The van der Waals surface area contributed by atoms with Gasteiger partial charge in [-0.15, -0.1) is 0 Å². The summed E-state index contributed by atoms with van der Waals surface area (Å²) in [6.07, 6.45) is -2.88. The van der Waals surface area contributed by atoms with Gasteiger partial charge in [0.2, 0.25) is 5.95 Å². The van der Waals surface area contributed by atoms with E-state index in [2.05, 4.69) is 4.98 Å². The number of aromatic nitrogens is 1. The average Bonchev–Trinajstić information content (AvgIpc) is 2.03. The minimum atomic E-state index is -2.88. The maximum absolute atomic E-state index is 12.8. The van der Waals surface area contributed by atoms with Crippen LogP contribution in [0.2, 0.25) is 5.02 Å². The number of hydrogen-bond donors (Lipinski definition) is 1. The molecule has 6 heteroatoms. The summed E-state index contributed by atoms with van der Waals surface area (Å²) in [5, 5.41) is 8.33. The van der Waals surface area contributed by atoms with Gasteiger partial charge in [-0.1, -0.05) is 11.6 Å². The SMILES string of the molecule is OCc1c(Cl)cc(C(F)F)nc1F. The van der Waals surface area contributed by atoms with Gasteiger partial charge in [0.25, 0.3) is 6.43 Å². The number of nitrogens with zero attached hydrogens (tertiary/aromatic N) is 1. The van der Waals surface area contributed by atoms with Gasteiger partial charge >= 0.3 is 0 Å². The zero-order chi connectivity index (χ0) is 10.0. The number of hydrogen-bond acceptors (Lipinski definition) is 2. The summed E-state index contributed by atoms with van der Waals surface area (Å²) in [4.78, 5) is 2.94. The van der Waals surface area contributed by atoms with E-state index >= 15 is 0 Å². The Balaban J connectivity index is 3.20. The first kappa shape index (κ1) is 10.3. The molecular formula is C7H5ClF3NO. The van der Waals surface area contributed by atoms with Gasteiger partial charge < -0.3 is 5.11 Å². The first-order valence-corrected chi connectivity index (χ1v) is 3.68. The van der Waals surface area contributed by atoms with Crippen molar-refractivity contribution in [1.29, 1.82) is 0 Å². The third-order valence-electron chi connectivity index (χ3n) is 1.42. The van der Waals surface area contributed by atoms with Crippen LogP contribution in [0.4, 0.5) is 13.2 Å². The molecule has 1 aromatic rings. The number of pyridine rings is 1. The Kier molecular flexibility index (Phi) is 3.11. The maximum Gasteiger partial charge on any atom is 0.280 e. The van der Waals surface area contributed by atoms with Crippen molar-refractivity contribution in [1.82, 2.24) is 4.98 Å². The van der Waals surface area contributed by atoms with E-state index in [-0.39, 0.29) is 10.6 Å². The molecule has 1 N–H and O–H groups in total. The molecule has 0 spiro atoms. The summed E-state index contributed by atoms with van der Waals surface area (Å²) in [6, 6.07) is 0.834. The van der Waals surface area contributed by atoms with E-state index in [1.165, 1.54) is 0 Å². The van der Waals surface area contributed by atoms with E-state index in [4.69, 9.17) is 16.7 Å². The van der Waals surface area contributed by atoms with Crippen LogP contribution >= 0.6 is 11.6 Å². The number of rotatable bonds is 2. The van der Waals surface area contributed by atoms with Crippen LogP contribution in [0, 0.1) is 5.95 Å². The monoisotopic (exact) mass is 211 g/mol. The summed E-state index contributed by atoms with van der Waals surface area (Å²) >= 11 is 5.41. The first-order chi connectivity index (χ1) is 6.06. The fourth-order valence-electron chi connectivity index (χ4n) is 0.781. The minimum Gasteiger partial charge on any atom is -0.391 e. The molecule has 0 aliphatic carbocycles. The van der Waals surface area contributed by atoms with Crippen LogP contribution in [0.5, 0.6) is 0 Å². The lowest BCUT2D eigenvalue weighted by Crippen LogP contribution is -2.00. The van der Waals surface area contributed by atoms with Crippen LogP contribution in [-0.2, 0) is 6.61 Å². The summed E-state index contributed by atoms with van der Waals surface area (Å²) < 4.78 is 36.8. The van der Waals surface area contributed by atoms with Gasteiger partial charge in [0, 0.05) is 0 Å². The Morgan fingerprint density at radius 3 is 2.54 bits per heavy atom. The molecule has 0 atom stereocenters. The maximum atomic E-state index is 12.8. The lowest BCUT2D eigenvalue weighted by molar-refractivity contribution is 0.144. The largest absolute Gasteiger partial charge is 0.391 e.